The maximum Gasteiger partial charge on any atom is 0.319 e. The third-order valence-electron chi connectivity index (χ3n) is 3.62. The lowest BCUT2D eigenvalue weighted by atomic mass is 10.0. The zero-order valence-electron chi connectivity index (χ0n) is 14.4. The van der Waals surface area contributed by atoms with Crippen LogP contribution in [0.1, 0.15) is 18.4 Å². The van der Waals surface area contributed by atoms with Crippen molar-refractivity contribution in [3.05, 3.63) is 60.2 Å². The Morgan fingerprint density at radius 1 is 1.00 bits per heavy atom. The molecule has 1 unspecified atom stereocenters. The van der Waals surface area contributed by atoms with Crippen molar-refractivity contribution in [3.8, 4) is 0 Å². The maximum atomic E-state index is 12.1. The molecule has 25 heavy (non-hydrogen) atoms. The first-order valence-corrected chi connectivity index (χ1v) is 8.07. The SMILES string of the molecule is COCC(=O)Nc1cccc(NC(=O)NCC(C)c2ccccc2)c1. The fourth-order valence-electron chi connectivity index (χ4n) is 2.32. The molecule has 6 heteroatoms. The molecule has 0 aliphatic heterocycles. The number of carbonyl (C=O) groups excluding carboxylic acids is 2. The van der Waals surface area contributed by atoms with Gasteiger partial charge in [-0.05, 0) is 29.7 Å². The Morgan fingerprint density at radius 3 is 2.36 bits per heavy atom. The second kappa shape index (κ2) is 9.44. The Labute approximate surface area is 147 Å². The number of ether oxygens (including phenoxy) is 1. The van der Waals surface area contributed by atoms with Crippen molar-refractivity contribution >= 4 is 23.3 Å². The number of anilines is 2. The van der Waals surface area contributed by atoms with E-state index in [0.717, 1.165) is 0 Å². The Morgan fingerprint density at radius 2 is 1.68 bits per heavy atom. The van der Waals surface area contributed by atoms with Gasteiger partial charge in [-0.2, -0.15) is 0 Å². The summed E-state index contributed by atoms with van der Waals surface area (Å²) in [6.07, 6.45) is 0. The van der Waals surface area contributed by atoms with Crippen LogP contribution in [0.5, 0.6) is 0 Å². The lowest BCUT2D eigenvalue weighted by Gasteiger charge is -2.14. The summed E-state index contributed by atoms with van der Waals surface area (Å²) in [5.74, 6) is -0.0348. The zero-order valence-corrected chi connectivity index (χ0v) is 14.4. The summed E-state index contributed by atoms with van der Waals surface area (Å²) in [4.78, 5) is 23.6. The van der Waals surface area contributed by atoms with E-state index in [0.29, 0.717) is 17.9 Å². The molecule has 132 valence electrons. The molecule has 0 aromatic heterocycles. The minimum atomic E-state index is -0.289. The predicted octanol–water partition coefficient (Wildman–Crippen LogP) is 3.20. The van der Waals surface area contributed by atoms with Crippen LogP contribution in [0.25, 0.3) is 0 Å². The van der Waals surface area contributed by atoms with Crippen molar-refractivity contribution in [1.82, 2.24) is 5.32 Å². The van der Waals surface area contributed by atoms with Crippen molar-refractivity contribution in [2.75, 3.05) is 30.9 Å². The van der Waals surface area contributed by atoms with Crippen molar-refractivity contribution in [1.29, 1.82) is 0 Å². The standard InChI is InChI=1S/C19H23N3O3/c1-14(15-7-4-3-5-8-15)12-20-19(24)22-17-10-6-9-16(11-17)21-18(23)13-25-2/h3-11,14H,12-13H2,1-2H3,(H,21,23)(H2,20,22,24). The fraction of sp³-hybridized carbons (Fsp3) is 0.263. The number of rotatable bonds is 7. The first-order valence-electron chi connectivity index (χ1n) is 8.07. The topological polar surface area (TPSA) is 79.5 Å². The number of urea groups is 1. The number of hydrogen-bond donors (Lipinski definition) is 3. The van der Waals surface area contributed by atoms with E-state index in [1.165, 1.54) is 12.7 Å². The van der Waals surface area contributed by atoms with Gasteiger partial charge in [-0.25, -0.2) is 4.79 Å². The van der Waals surface area contributed by atoms with Gasteiger partial charge in [0.25, 0.3) is 0 Å². The number of nitrogens with one attached hydrogen (secondary N) is 3. The molecule has 2 aromatic rings. The molecule has 1 atom stereocenters. The van der Waals surface area contributed by atoms with Crippen LogP contribution in [-0.4, -0.2) is 32.2 Å². The van der Waals surface area contributed by atoms with Gasteiger partial charge < -0.3 is 20.7 Å². The minimum Gasteiger partial charge on any atom is -0.375 e. The second-order valence-corrected chi connectivity index (χ2v) is 5.71. The quantitative estimate of drug-likeness (QED) is 0.723. The Kier molecular flexibility index (Phi) is 6.98. The van der Waals surface area contributed by atoms with Crippen molar-refractivity contribution in [3.63, 3.8) is 0 Å². The second-order valence-electron chi connectivity index (χ2n) is 5.71. The normalized spacial score (nSPS) is 11.4. The molecule has 0 spiro atoms. The van der Waals surface area contributed by atoms with Gasteiger partial charge in [-0.3, -0.25) is 4.79 Å². The van der Waals surface area contributed by atoms with Crippen LogP contribution >= 0.6 is 0 Å². The molecule has 3 N–H and O–H groups in total. The van der Waals surface area contributed by atoms with Crippen LogP contribution in [0, 0.1) is 0 Å². The van der Waals surface area contributed by atoms with Crippen LogP contribution in [0.3, 0.4) is 0 Å². The van der Waals surface area contributed by atoms with Gasteiger partial charge in [-0.1, -0.05) is 43.3 Å². The van der Waals surface area contributed by atoms with Gasteiger partial charge in [0.1, 0.15) is 6.61 Å². The summed E-state index contributed by atoms with van der Waals surface area (Å²) in [7, 11) is 1.46. The molecule has 2 aromatic carbocycles. The van der Waals surface area contributed by atoms with E-state index >= 15 is 0 Å². The van der Waals surface area contributed by atoms with Gasteiger partial charge in [0.15, 0.2) is 0 Å². The Balaban J connectivity index is 1.85. The maximum absolute atomic E-state index is 12.1. The third kappa shape index (κ3) is 6.27. The van der Waals surface area contributed by atoms with Gasteiger partial charge in [0.05, 0.1) is 0 Å². The highest BCUT2D eigenvalue weighted by molar-refractivity contribution is 5.94. The molecule has 0 aliphatic carbocycles. The molecule has 2 rings (SSSR count). The summed E-state index contributed by atoms with van der Waals surface area (Å²) in [6, 6.07) is 16.7. The molecular formula is C19H23N3O3. The molecule has 0 aliphatic rings. The summed E-state index contributed by atoms with van der Waals surface area (Å²) in [6.45, 7) is 2.57. The van der Waals surface area contributed by atoms with Crippen LogP contribution in [0.15, 0.2) is 54.6 Å². The lowest BCUT2D eigenvalue weighted by Crippen LogP contribution is -2.31. The molecule has 0 bridgehead atoms. The van der Waals surface area contributed by atoms with E-state index in [1.807, 2.05) is 30.3 Å². The Hall–Kier alpha value is -2.86. The summed E-state index contributed by atoms with van der Waals surface area (Å²) < 4.78 is 4.77. The molecule has 0 saturated heterocycles. The molecule has 0 fully saturated rings. The first kappa shape index (κ1) is 18.5. The number of amides is 3. The molecule has 0 heterocycles. The van der Waals surface area contributed by atoms with E-state index in [9.17, 15) is 9.59 Å². The van der Waals surface area contributed by atoms with E-state index in [1.54, 1.807) is 24.3 Å². The first-order chi connectivity index (χ1) is 12.1. The molecule has 6 nitrogen and oxygen atoms in total. The average Bonchev–Trinajstić information content (AvgIpc) is 2.61. The van der Waals surface area contributed by atoms with E-state index in [-0.39, 0.29) is 24.5 Å². The van der Waals surface area contributed by atoms with Crippen molar-refractivity contribution in [2.24, 2.45) is 0 Å². The van der Waals surface area contributed by atoms with Crippen LogP contribution < -0.4 is 16.0 Å². The minimum absolute atomic E-state index is 0.0183. The number of methoxy groups -OCH3 is 1. The molecule has 0 radical (unpaired) electrons. The number of hydrogen-bond acceptors (Lipinski definition) is 3. The number of carbonyl (C=O) groups is 2. The van der Waals surface area contributed by atoms with Gasteiger partial charge in [0.2, 0.25) is 5.91 Å². The average molecular weight is 341 g/mol. The van der Waals surface area contributed by atoms with Gasteiger partial charge in [0, 0.05) is 25.0 Å². The smallest absolute Gasteiger partial charge is 0.319 e. The highest BCUT2D eigenvalue weighted by Gasteiger charge is 2.08. The number of benzene rings is 2. The van der Waals surface area contributed by atoms with Crippen LogP contribution in [0.2, 0.25) is 0 Å². The molecule has 3 amide bonds. The van der Waals surface area contributed by atoms with Gasteiger partial charge >= 0.3 is 6.03 Å². The predicted molar refractivity (Wildman–Crippen MR) is 98.8 cm³/mol. The van der Waals surface area contributed by atoms with E-state index < -0.39 is 0 Å². The largest absolute Gasteiger partial charge is 0.375 e. The fourth-order valence-corrected chi connectivity index (χ4v) is 2.32. The zero-order chi connectivity index (χ0) is 18.1. The highest BCUT2D eigenvalue weighted by Crippen LogP contribution is 2.16. The molecule has 0 saturated carbocycles. The monoisotopic (exact) mass is 341 g/mol. The van der Waals surface area contributed by atoms with Crippen molar-refractivity contribution < 1.29 is 14.3 Å². The summed E-state index contributed by atoms with van der Waals surface area (Å²) >= 11 is 0. The summed E-state index contributed by atoms with van der Waals surface area (Å²) in [5.41, 5.74) is 2.36. The lowest BCUT2D eigenvalue weighted by molar-refractivity contribution is -0.119. The summed E-state index contributed by atoms with van der Waals surface area (Å²) in [5, 5.41) is 8.31. The Bertz CT molecular complexity index is 704. The van der Waals surface area contributed by atoms with E-state index in [4.69, 9.17) is 4.74 Å². The molecular weight excluding hydrogens is 318 g/mol. The van der Waals surface area contributed by atoms with Crippen LogP contribution in [-0.2, 0) is 9.53 Å². The third-order valence-corrected chi connectivity index (χ3v) is 3.62. The highest BCUT2D eigenvalue weighted by atomic mass is 16.5. The van der Waals surface area contributed by atoms with Crippen molar-refractivity contribution in [2.45, 2.75) is 12.8 Å². The van der Waals surface area contributed by atoms with Gasteiger partial charge in [-0.15, -0.1) is 0 Å². The van der Waals surface area contributed by atoms with Crippen LogP contribution in [0.4, 0.5) is 16.2 Å². The van der Waals surface area contributed by atoms with E-state index in [2.05, 4.69) is 22.9 Å².